The lowest BCUT2D eigenvalue weighted by molar-refractivity contribution is -0.135. The summed E-state index contributed by atoms with van der Waals surface area (Å²) in [4.78, 5) is 28.4. The van der Waals surface area contributed by atoms with E-state index in [0.29, 0.717) is 25.0 Å². The molecular formula is C22H29N5O. The first kappa shape index (κ1) is 18.9. The fraction of sp³-hybridized carbons (Fsp3) is 0.500. The Hall–Kier alpha value is -2.47. The van der Waals surface area contributed by atoms with Crippen molar-refractivity contribution >= 4 is 11.9 Å². The molecule has 6 heteroatoms. The largest absolute Gasteiger partial charge is 0.338 e. The van der Waals surface area contributed by atoms with Crippen molar-refractivity contribution in [2.24, 2.45) is 5.92 Å². The number of nitrogens with zero attached hydrogens (tertiary/aromatic N) is 5. The molecule has 0 radical (unpaired) electrons. The molecule has 1 aromatic carbocycles. The van der Waals surface area contributed by atoms with E-state index < -0.39 is 0 Å². The van der Waals surface area contributed by atoms with Gasteiger partial charge < -0.3 is 9.80 Å². The highest BCUT2D eigenvalue weighted by Crippen LogP contribution is 2.35. The third-order valence-electron chi connectivity index (χ3n) is 5.88. The molecule has 2 aliphatic rings. The Kier molecular flexibility index (Phi) is 5.86. The van der Waals surface area contributed by atoms with Crippen LogP contribution in [0.4, 0.5) is 5.95 Å². The molecule has 2 aromatic rings. The molecular weight excluding hydrogens is 350 g/mol. The van der Waals surface area contributed by atoms with E-state index in [2.05, 4.69) is 43.7 Å². The summed E-state index contributed by atoms with van der Waals surface area (Å²) in [6.45, 7) is 6.84. The first-order chi connectivity index (χ1) is 13.7. The van der Waals surface area contributed by atoms with Gasteiger partial charge in [-0.2, -0.15) is 0 Å². The minimum atomic E-state index is 0.243. The van der Waals surface area contributed by atoms with Crippen molar-refractivity contribution in [2.75, 3.05) is 37.6 Å². The molecule has 1 saturated heterocycles. The Balaban J connectivity index is 1.35. The molecule has 0 N–H and O–H groups in total. The molecule has 6 nitrogen and oxygen atoms in total. The van der Waals surface area contributed by atoms with Crippen LogP contribution < -0.4 is 4.90 Å². The number of carbonyl (C=O) groups excluding carboxylic acids is 1. The van der Waals surface area contributed by atoms with Gasteiger partial charge in [-0.05, 0) is 37.3 Å². The molecule has 2 fully saturated rings. The van der Waals surface area contributed by atoms with Gasteiger partial charge in [0.2, 0.25) is 11.9 Å². The number of carbonyl (C=O) groups is 1. The highest BCUT2D eigenvalue weighted by atomic mass is 16.2. The zero-order valence-corrected chi connectivity index (χ0v) is 16.6. The number of hydrogen-bond donors (Lipinski definition) is 0. The summed E-state index contributed by atoms with van der Waals surface area (Å²) in [6.07, 6.45) is 6.04. The fourth-order valence-corrected chi connectivity index (χ4v) is 3.92. The summed E-state index contributed by atoms with van der Waals surface area (Å²) in [5.41, 5.74) is 1.20. The number of anilines is 1. The van der Waals surface area contributed by atoms with Crippen LogP contribution in [-0.2, 0) is 11.3 Å². The first-order valence-corrected chi connectivity index (χ1v) is 10.3. The Bertz CT molecular complexity index is 757. The van der Waals surface area contributed by atoms with Crippen LogP contribution in [0, 0.1) is 5.92 Å². The van der Waals surface area contributed by atoms with E-state index in [1.165, 1.54) is 18.4 Å². The van der Waals surface area contributed by atoms with Gasteiger partial charge >= 0.3 is 0 Å². The summed E-state index contributed by atoms with van der Waals surface area (Å²) < 4.78 is 0. The number of rotatable bonds is 7. The zero-order chi connectivity index (χ0) is 19.3. The lowest BCUT2D eigenvalue weighted by Gasteiger charge is -2.36. The van der Waals surface area contributed by atoms with Crippen molar-refractivity contribution < 1.29 is 4.79 Å². The average Bonchev–Trinajstić information content (AvgIpc) is 3.59. The molecule has 0 spiro atoms. The van der Waals surface area contributed by atoms with Gasteiger partial charge in [-0.25, -0.2) is 9.97 Å². The molecule has 1 aliphatic carbocycles. The number of amides is 1. The molecule has 2 heterocycles. The van der Waals surface area contributed by atoms with Gasteiger partial charge in [-0.1, -0.05) is 30.3 Å². The average molecular weight is 380 g/mol. The number of piperazine rings is 1. The second-order valence-electron chi connectivity index (χ2n) is 7.90. The molecule has 4 rings (SSSR count). The lowest BCUT2D eigenvalue weighted by Crippen LogP contribution is -2.51. The fourth-order valence-electron chi connectivity index (χ4n) is 3.92. The van der Waals surface area contributed by atoms with Crippen molar-refractivity contribution in [3.05, 3.63) is 54.4 Å². The molecule has 1 amide bonds. The van der Waals surface area contributed by atoms with E-state index in [4.69, 9.17) is 0 Å². The summed E-state index contributed by atoms with van der Waals surface area (Å²) in [5, 5.41) is 0. The van der Waals surface area contributed by atoms with E-state index in [1.54, 1.807) is 12.4 Å². The molecule has 1 aromatic heterocycles. The zero-order valence-electron chi connectivity index (χ0n) is 16.6. The second kappa shape index (κ2) is 8.69. The van der Waals surface area contributed by atoms with Crippen LogP contribution in [0.2, 0.25) is 0 Å². The third-order valence-corrected chi connectivity index (χ3v) is 5.88. The lowest BCUT2D eigenvalue weighted by atomic mass is 10.1. The van der Waals surface area contributed by atoms with E-state index in [9.17, 15) is 4.79 Å². The summed E-state index contributed by atoms with van der Waals surface area (Å²) in [6, 6.07) is 12.5. The maximum Gasteiger partial charge on any atom is 0.237 e. The van der Waals surface area contributed by atoms with Gasteiger partial charge in [-0.3, -0.25) is 9.69 Å². The molecule has 1 aliphatic heterocycles. The summed E-state index contributed by atoms with van der Waals surface area (Å²) in [5.74, 6) is 1.69. The van der Waals surface area contributed by atoms with Crippen molar-refractivity contribution in [1.29, 1.82) is 0 Å². The van der Waals surface area contributed by atoms with E-state index >= 15 is 0 Å². The molecule has 0 bridgehead atoms. The van der Waals surface area contributed by atoms with E-state index in [1.807, 2.05) is 24.3 Å². The maximum atomic E-state index is 13.2. The van der Waals surface area contributed by atoms with Gasteiger partial charge in [0.15, 0.2) is 0 Å². The number of hydrogen-bond acceptors (Lipinski definition) is 5. The Morgan fingerprint density at radius 2 is 1.75 bits per heavy atom. The van der Waals surface area contributed by atoms with Gasteiger partial charge in [0, 0.05) is 51.2 Å². The molecule has 1 saturated carbocycles. The molecule has 1 atom stereocenters. The Morgan fingerprint density at radius 3 is 2.39 bits per heavy atom. The molecule has 148 valence electrons. The van der Waals surface area contributed by atoms with Crippen molar-refractivity contribution in [3.8, 4) is 0 Å². The Morgan fingerprint density at radius 1 is 1.07 bits per heavy atom. The van der Waals surface area contributed by atoms with Crippen LogP contribution in [-0.4, -0.2) is 64.4 Å². The predicted octanol–water partition coefficient (Wildman–Crippen LogP) is 2.43. The van der Waals surface area contributed by atoms with E-state index in [0.717, 1.165) is 32.1 Å². The highest BCUT2D eigenvalue weighted by Gasteiger charge is 2.35. The topological polar surface area (TPSA) is 52.6 Å². The number of benzene rings is 1. The van der Waals surface area contributed by atoms with Crippen LogP contribution in [0.3, 0.4) is 0 Å². The van der Waals surface area contributed by atoms with Gasteiger partial charge in [0.05, 0.1) is 6.54 Å². The standard InChI is InChI=1S/C22H29N5O/c1-18(20-8-9-20)27(16-19-6-3-2-4-7-19)21(28)17-25-12-14-26(15-13-25)22-23-10-5-11-24-22/h2-7,10-11,18,20H,8-9,12-17H2,1H3/t18-/m0/s1. The Labute approximate surface area is 167 Å². The van der Waals surface area contributed by atoms with Crippen molar-refractivity contribution in [1.82, 2.24) is 19.8 Å². The number of aromatic nitrogens is 2. The van der Waals surface area contributed by atoms with E-state index in [-0.39, 0.29) is 5.91 Å². The molecule has 28 heavy (non-hydrogen) atoms. The minimum Gasteiger partial charge on any atom is -0.338 e. The predicted molar refractivity (Wildman–Crippen MR) is 110 cm³/mol. The first-order valence-electron chi connectivity index (χ1n) is 10.3. The van der Waals surface area contributed by atoms with Gasteiger partial charge in [-0.15, -0.1) is 0 Å². The van der Waals surface area contributed by atoms with Crippen LogP contribution in [0.5, 0.6) is 0 Å². The third kappa shape index (κ3) is 4.68. The van der Waals surface area contributed by atoms with Gasteiger partial charge in [0.1, 0.15) is 0 Å². The highest BCUT2D eigenvalue weighted by molar-refractivity contribution is 5.78. The van der Waals surface area contributed by atoms with Crippen LogP contribution in [0.25, 0.3) is 0 Å². The smallest absolute Gasteiger partial charge is 0.237 e. The van der Waals surface area contributed by atoms with Gasteiger partial charge in [0.25, 0.3) is 0 Å². The SMILES string of the molecule is C[C@@H](C1CC1)N(Cc1ccccc1)C(=O)CN1CCN(c2ncccn2)CC1. The summed E-state index contributed by atoms with van der Waals surface area (Å²) >= 11 is 0. The van der Waals surface area contributed by atoms with Crippen LogP contribution >= 0.6 is 0 Å². The van der Waals surface area contributed by atoms with Crippen molar-refractivity contribution in [2.45, 2.75) is 32.4 Å². The van der Waals surface area contributed by atoms with Crippen LogP contribution in [0.1, 0.15) is 25.3 Å². The summed E-state index contributed by atoms with van der Waals surface area (Å²) in [7, 11) is 0. The van der Waals surface area contributed by atoms with Crippen molar-refractivity contribution in [3.63, 3.8) is 0 Å². The molecule has 0 unspecified atom stereocenters. The maximum absolute atomic E-state index is 13.2. The minimum absolute atomic E-state index is 0.243. The quantitative estimate of drug-likeness (QED) is 0.740. The second-order valence-corrected chi connectivity index (χ2v) is 7.90. The monoisotopic (exact) mass is 379 g/mol. The van der Waals surface area contributed by atoms with Crippen LogP contribution in [0.15, 0.2) is 48.8 Å². The normalized spacial score (nSPS) is 18.7.